The second kappa shape index (κ2) is 8.26. The minimum Gasteiger partial charge on any atom is -0.366 e. The minimum atomic E-state index is -0.206. The van der Waals surface area contributed by atoms with Gasteiger partial charge in [-0.05, 0) is 24.3 Å². The lowest BCUT2D eigenvalue weighted by molar-refractivity contribution is 0.0992. The summed E-state index contributed by atoms with van der Waals surface area (Å²) in [5.41, 5.74) is 1.87. The van der Waals surface area contributed by atoms with Crippen molar-refractivity contribution in [2.24, 2.45) is 0 Å². The molecule has 3 aromatic rings. The molecule has 29 heavy (non-hydrogen) atoms. The summed E-state index contributed by atoms with van der Waals surface area (Å²) in [5.74, 6) is 0.215. The molecule has 2 aromatic carbocycles. The predicted octanol–water partition coefficient (Wildman–Crippen LogP) is 3.22. The second-order valence-corrected chi connectivity index (χ2v) is 6.90. The lowest BCUT2D eigenvalue weighted by Crippen LogP contribution is -2.47. The average molecular weight is 391 g/mol. The summed E-state index contributed by atoms with van der Waals surface area (Å²) in [6.45, 7) is 2.74. The monoisotopic (exact) mass is 391 g/mol. The molecule has 1 saturated heterocycles. The molecule has 0 radical (unpaired) electrons. The van der Waals surface area contributed by atoms with Gasteiger partial charge in [-0.15, -0.1) is 0 Å². The first kappa shape index (κ1) is 18.9. The first-order valence-electron chi connectivity index (χ1n) is 9.53. The molecule has 0 bridgehead atoms. The molecule has 0 unspecified atom stereocenters. The number of para-hydroxylation sites is 2. The maximum Gasteiger partial charge on any atom is 0.261 e. The number of hydrogen-bond donors (Lipinski definition) is 0. The molecule has 0 atom stereocenters. The van der Waals surface area contributed by atoms with Crippen LogP contribution in [-0.2, 0) is 0 Å². The first-order valence-corrected chi connectivity index (χ1v) is 9.53. The molecule has 1 fully saturated rings. The van der Waals surface area contributed by atoms with E-state index < -0.39 is 0 Å². The first-order chi connectivity index (χ1) is 14.1. The standard InChI is InChI=1S/C22H22FN5O/c1-26(18-7-3-2-4-8-18)21(29)17-15-24-22(25-16-17)28-13-11-27(12-14-28)20-10-6-5-9-19(20)23/h2-10,15-16H,11-14H2,1H3. The molecule has 1 aliphatic rings. The van der Waals surface area contributed by atoms with Crippen molar-refractivity contribution in [2.45, 2.75) is 0 Å². The molecule has 1 amide bonds. The quantitative estimate of drug-likeness (QED) is 0.684. The van der Waals surface area contributed by atoms with Crippen LogP contribution >= 0.6 is 0 Å². The number of rotatable bonds is 4. The van der Waals surface area contributed by atoms with Gasteiger partial charge in [0.15, 0.2) is 0 Å². The fraction of sp³-hybridized carbons (Fsp3) is 0.227. The summed E-state index contributed by atoms with van der Waals surface area (Å²) < 4.78 is 14.0. The van der Waals surface area contributed by atoms with Crippen molar-refractivity contribution in [3.05, 3.63) is 78.4 Å². The van der Waals surface area contributed by atoms with E-state index in [2.05, 4.69) is 9.97 Å². The number of hydrogen-bond acceptors (Lipinski definition) is 5. The highest BCUT2D eigenvalue weighted by molar-refractivity contribution is 6.05. The van der Waals surface area contributed by atoms with E-state index in [0.717, 1.165) is 5.69 Å². The second-order valence-electron chi connectivity index (χ2n) is 6.90. The Bertz CT molecular complexity index is 972. The van der Waals surface area contributed by atoms with Crippen LogP contribution in [-0.4, -0.2) is 49.1 Å². The largest absolute Gasteiger partial charge is 0.366 e. The van der Waals surface area contributed by atoms with Crippen molar-refractivity contribution >= 4 is 23.2 Å². The normalized spacial score (nSPS) is 14.0. The highest BCUT2D eigenvalue weighted by atomic mass is 19.1. The van der Waals surface area contributed by atoms with Gasteiger partial charge in [0.1, 0.15) is 5.82 Å². The van der Waals surface area contributed by atoms with Crippen molar-refractivity contribution in [3.8, 4) is 0 Å². The molecule has 148 valence electrons. The Hall–Kier alpha value is -3.48. The highest BCUT2D eigenvalue weighted by Gasteiger charge is 2.21. The van der Waals surface area contributed by atoms with Gasteiger partial charge in [0.25, 0.3) is 5.91 Å². The molecule has 1 aliphatic heterocycles. The fourth-order valence-corrected chi connectivity index (χ4v) is 3.41. The summed E-state index contributed by atoms with van der Waals surface area (Å²) in [4.78, 5) is 27.1. The Kier molecular flexibility index (Phi) is 5.37. The Labute approximate surface area is 169 Å². The maximum absolute atomic E-state index is 14.0. The number of carbonyl (C=O) groups is 1. The molecule has 0 saturated carbocycles. The molecule has 0 N–H and O–H groups in total. The van der Waals surface area contributed by atoms with E-state index >= 15 is 0 Å². The third kappa shape index (κ3) is 4.03. The van der Waals surface area contributed by atoms with Crippen LogP contribution in [0.15, 0.2) is 67.0 Å². The summed E-state index contributed by atoms with van der Waals surface area (Å²) in [7, 11) is 1.73. The predicted molar refractivity (Wildman–Crippen MR) is 112 cm³/mol. The van der Waals surface area contributed by atoms with Crippen LogP contribution in [0, 0.1) is 5.82 Å². The molecule has 2 heterocycles. The Morgan fingerprint density at radius 3 is 2.14 bits per heavy atom. The van der Waals surface area contributed by atoms with Gasteiger partial charge in [0.2, 0.25) is 5.95 Å². The van der Waals surface area contributed by atoms with Gasteiger partial charge in [-0.3, -0.25) is 4.79 Å². The van der Waals surface area contributed by atoms with Crippen molar-refractivity contribution in [2.75, 3.05) is 47.9 Å². The number of aromatic nitrogens is 2. The van der Waals surface area contributed by atoms with E-state index in [1.165, 1.54) is 6.07 Å². The van der Waals surface area contributed by atoms with Crippen LogP contribution in [0.4, 0.5) is 21.7 Å². The van der Waals surface area contributed by atoms with E-state index in [-0.39, 0.29) is 11.7 Å². The lowest BCUT2D eigenvalue weighted by atomic mass is 10.2. The third-order valence-electron chi connectivity index (χ3n) is 5.09. The molecule has 6 nitrogen and oxygen atoms in total. The van der Waals surface area contributed by atoms with Crippen molar-refractivity contribution in [1.82, 2.24) is 9.97 Å². The average Bonchev–Trinajstić information content (AvgIpc) is 2.79. The fourth-order valence-electron chi connectivity index (χ4n) is 3.41. The van der Waals surface area contributed by atoms with Gasteiger partial charge >= 0.3 is 0 Å². The summed E-state index contributed by atoms with van der Waals surface area (Å²) in [6.07, 6.45) is 3.13. The molecule has 0 aliphatic carbocycles. The topological polar surface area (TPSA) is 52.6 Å². The summed E-state index contributed by atoms with van der Waals surface area (Å²) in [6, 6.07) is 16.3. The van der Waals surface area contributed by atoms with Gasteiger partial charge in [-0.2, -0.15) is 0 Å². The lowest BCUT2D eigenvalue weighted by Gasteiger charge is -2.36. The SMILES string of the molecule is CN(C(=O)c1cnc(N2CCN(c3ccccc3F)CC2)nc1)c1ccccc1. The number of benzene rings is 2. The Morgan fingerprint density at radius 2 is 1.48 bits per heavy atom. The number of anilines is 3. The van der Waals surface area contributed by atoms with Crippen LogP contribution in [0.3, 0.4) is 0 Å². The Morgan fingerprint density at radius 1 is 0.897 bits per heavy atom. The van der Waals surface area contributed by atoms with Crippen molar-refractivity contribution < 1.29 is 9.18 Å². The van der Waals surface area contributed by atoms with Crippen molar-refractivity contribution in [3.63, 3.8) is 0 Å². The maximum atomic E-state index is 14.0. The van der Waals surface area contributed by atoms with Gasteiger partial charge in [-0.25, -0.2) is 14.4 Å². The van der Waals surface area contributed by atoms with E-state index in [1.54, 1.807) is 36.5 Å². The van der Waals surface area contributed by atoms with Crippen LogP contribution in [0.1, 0.15) is 10.4 Å². The molecule has 4 rings (SSSR count). The number of piperazine rings is 1. The number of carbonyl (C=O) groups excluding carboxylic acids is 1. The number of nitrogens with zero attached hydrogens (tertiary/aromatic N) is 5. The smallest absolute Gasteiger partial charge is 0.261 e. The highest BCUT2D eigenvalue weighted by Crippen LogP contribution is 2.21. The van der Waals surface area contributed by atoms with E-state index in [1.807, 2.05) is 46.2 Å². The molecule has 1 aromatic heterocycles. The summed E-state index contributed by atoms with van der Waals surface area (Å²) in [5, 5.41) is 0. The van der Waals surface area contributed by atoms with E-state index in [0.29, 0.717) is 43.4 Å². The third-order valence-corrected chi connectivity index (χ3v) is 5.09. The van der Waals surface area contributed by atoms with Crippen LogP contribution in [0.2, 0.25) is 0 Å². The summed E-state index contributed by atoms with van der Waals surface area (Å²) >= 11 is 0. The Balaban J connectivity index is 1.40. The zero-order valence-electron chi connectivity index (χ0n) is 16.2. The van der Waals surface area contributed by atoms with Gasteiger partial charge in [0, 0.05) is 51.3 Å². The van der Waals surface area contributed by atoms with Crippen molar-refractivity contribution in [1.29, 1.82) is 0 Å². The molecule has 0 spiro atoms. The minimum absolute atomic E-state index is 0.160. The van der Waals surface area contributed by atoms with Crippen LogP contribution < -0.4 is 14.7 Å². The van der Waals surface area contributed by atoms with Gasteiger partial charge in [-0.1, -0.05) is 30.3 Å². The van der Waals surface area contributed by atoms with Gasteiger partial charge in [0.05, 0.1) is 11.3 Å². The number of halogens is 1. The molecule has 7 heteroatoms. The zero-order valence-corrected chi connectivity index (χ0v) is 16.2. The van der Waals surface area contributed by atoms with Gasteiger partial charge < -0.3 is 14.7 Å². The van der Waals surface area contributed by atoms with E-state index in [9.17, 15) is 9.18 Å². The van der Waals surface area contributed by atoms with Crippen LogP contribution in [0.25, 0.3) is 0 Å². The van der Waals surface area contributed by atoms with E-state index in [4.69, 9.17) is 0 Å². The molecular weight excluding hydrogens is 369 g/mol. The number of amides is 1. The molecular formula is C22H22FN5O. The van der Waals surface area contributed by atoms with Crippen LogP contribution in [0.5, 0.6) is 0 Å². The zero-order chi connectivity index (χ0) is 20.2.